The Morgan fingerprint density at radius 3 is 2.84 bits per heavy atom. The average Bonchev–Trinajstić information content (AvgIpc) is 3.12. The Morgan fingerprint density at radius 2 is 2.00 bits per heavy atom. The van der Waals surface area contributed by atoms with E-state index in [0.717, 1.165) is 42.6 Å². The van der Waals surface area contributed by atoms with Crippen LogP contribution in [0.25, 0.3) is 11.1 Å². The Kier molecular flexibility index (Phi) is 3.85. The monoisotopic (exact) mass is 464 g/mol. The summed E-state index contributed by atoms with van der Waals surface area (Å²) in [5.74, 6) is 1.35. The minimum atomic E-state index is -0.162. The van der Waals surface area contributed by atoms with E-state index >= 15 is 0 Å². The Bertz CT molecular complexity index is 1310. The van der Waals surface area contributed by atoms with Crippen LogP contribution in [-0.2, 0) is 18.3 Å². The first-order chi connectivity index (χ1) is 15.5. The number of hydrogen-bond acceptors (Lipinski definition) is 4. The van der Waals surface area contributed by atoms with Gasteiger partial charge < -0.3 is 14.7 Å². The molecule has 3 aromatic rings. The number of phenols is 1. The van der Waals surface area contributed by atoms with Gasteiger partial charge in [-0.25, -0.2) is 0 Å². The van der Waals surface area contributed by atoms with Crippen molar-refractivity contribution in [3.63, 3.8) is 0 Å². The number of likely N-dealkylation sites (tertiary alicyclic amines) is 1. The maximum Gasteiger partial charge on any atom is 0.166 e. The highest BCUT2D eigenvalue weighted by Gasteiger charge is 2.64. The lowest BCUT2D eigenvalue weighted by Crippen LogP contribution is -2.62. The van der Waals surface area contributed by atoms with Crippen LogP contribution in [0.15, 0.2) is 42.6 Å². The van der Waals surface area contributed by atoms with E-state index < -0.39 is 0 Å². The fraction of sp³-hybridized carbons (Fsp3) is 0.346. The van der Waals surface area contributed by atoms with Crippen LogP contribution in [0, 0.1) is 5.92 Å². The van der Waals surface area contributed by atoms with Gasteiger partial charge in [-0.3, -0.25) is 4.98 Å². The zero-order chi connectivity index (χ0) is 21.8. The number of phenolic OH excluding ortho intramolecular Hbond substituents is 1. The molecule has 1 spiro atoms. The van der Waals surface area contributed by atoms with Gasteiger partial charge in [0.05, 0.1) is 5.69 Å². The number of halogens is 2. The average molecular weight is 465 g/mol. The predicted molar refractivity (Wildman–Crippen MR) is 125 cm³/mol. The van der Waals surface area contributed by atoms with Gasteiger partial charge in [0.15, 0.2) is 17.6 Å². The number of ether oxygens (including phenoxy) is 1. The van der Waals surface area contributed by atoms with Crippen molar-refractivity contribution in [1.82, 2.24) is 9.88 Å². The molecule has 0 radical (unpaired) electrons. The number of likely N-dealkylation sites (N-methyl/N-ethyl adjacent to an activating group) is 1. The van der Waals surface area contributed by atoms with Gasteiger partial charge in [-0.15, -0.1) is 0 Å². The maximum absolute atomic E-state index is 10.7. The smallest absolute Gasteiger partial charge is 0.166 e. The van der Waals surface area contributed by atoms with Gasteiger partial charge in [0.2, 0.25) is 0 Å². The summed E-state index contributed by atoms with van der Waals surface area (Å²) in [6, 6.07) is 12.1. The van der Waals surface area contributed by atoms with Crippen molar-refractivity contribution in [2.24, 2.45) is 5.92 Å². The van der Waals surface area contributed by atoms with E-state index in [1.54, 1.807) is 12.1 Å². The summed E-state index contributed by atoms with van der Waals surface area (Å²) < 4.78 is 6.58. The molecule has 32 heavy (non-hydrogen) atoms. The van der Waals surface area contributed by atoms with Crippen molar-refractivity contribution in [2.45, 2.75) is 36.8 Å². The summed E-state index contributed by atoms with van der Waals surface area (Å²) in [4.78, 5) is 7.47. The van der Waals surface area contributed by atoms with Crippen molar-refractivity contribution >= 4 is 23.2 Å². The van der Waals surface area contributed by atoms with E-state index in [9.17, 15) is 5.11 Å². The molecule has 0 saturated carbocycles. The normalized spacial score (nSPS) is 29.3. The number of piperidine rings is 1. The standard InChI is InChI=1S/C26H22Cl2N2O2/c1-30-7-6-26-18-9-14-8-15(17-4-3-16(27)11-19(17)28)12-29-23(14)25(26)32-24-21(31)5-2-13(22(24)26)10-20(18)30/h2-5,8,11-12,18,20,25,31H,6-7,9-10H2,1H3/t18-,20?,25-,26?/m0/s1. The van der Waals surface area contributed by atoms with Gasteiger partial charge in [0.1, 0.15) is 0 Å². The summed E-state index contributed by atoms with van der Waals surface area (Å²) in [5.41, 5.74) is 6.60. The molecule has 3 heterocycles. The lowest BCUT2D eigenvalue weighted by Gasteiger charge is -2.57. The molecule has 0 amide bonds. The maximum atomic E-state index is 10.7. The zero-order valence-electron chi connectivity index (χ0n) is 17.6. The predicted octanol–water partition coefficient (Wildman–Crippen LogP) is 5.57. The number of rotatable bonds is 1. The molecule has 2 aromatic carbocycles. The van der Waals surface area contributed by atoms with Gasteiger partial charge in [-0.1, -0.05) is 35.3 Å². The van der Waals surface area contributed by atoms with Gasteiger partial charge >= 0.3 is 0 Å². The lowest BCUT2D eigenvalue weighted by atomic mass is 9.51. The van der Waals surface area contributed by atoms with Crippen LogP contribution in [0.5, 0.6) is 11.5 Å². The number of aromatic nitrogens is 1. The molecule has 6 heteroatoms. The topological polar surface area (TPSA) is 45.6 Å². The fourth-order valence-electron chi connectivity index (χ4n) is 6.93. The van der Waals surface area contributed by atoms with E-state index in [-0.39, 0.29) is 17.3 Å². The SMILES string of the molecule is CN1CCC23c4c5ccc(O)c4O[C@H]2c2ncc(-c4ccc(Cl)cc4Cl)cc2C[C@H]3C1C5. The number of hydrogen-bond donors (Lipinski definition) is 1. The molecule has 7 rings (SSSR count). The third-order valence-electron chi connectivity index (χ3n) is 8.32. The number of benzene rings is 2. The highest BCUT2D eigenvalue weighted by Crippen LogP contribution is 2.66. The molecule has 162 valence electrons. The lowest BCUT2D eigenvalue weighted by molar-refractivity contribution is -0.0260. The molecular formula is C26H22Cl2N2O2. The Hall–Kier alpha value is -2.27. The van der Waals surface area contributed by atoms with Gasteiger partial charge in [0, 0.05) is 44.4 Å². The second-order valence-corrected chi connectivity index (χ2v) is 10.5. The minimum Gasteiger partial charge on any atom is -0.504 e. The summed E-state index contributed by atoms with van der Waals surface area (Å²) in [7, 11) is 2.24. The summed E-state index contributed by atoms with van der Waals surface area (Å²) in [5, 5.41) is 11.9. The van der Waals surface area contributed by atoms with Gasteiger partial charge in [-0.05, 0) is 74.2 Å². The third kappa shape index (κ3) is 2.30. The summed E-state index contributed by atoms with van der Waals surface area (Å²) >= 11 is 12.6. The summed E-state index contributed by atoms with van der Waals surface area (Å²) in [6.45, 7) is 1.03. The van der Waals surface area contributed by atoms with Crippen molar-refractivity contribution in [3.05, 3.63) is 75.0 Å². The van der Waals surface area contributed by atoms with Crippen LogP contribution in [0.1, 0.15) is 34.9 Å². The third-order valence-corrected chi connectivity index (χ3v) is 8.87. The Morgan fingerprint density at radius 1 is 1.12 bits per heavy atom. The zero-order valence-corrected chi connectivity index (χ0v) is 19.1. The molecule has 2 aliphatic carbocycles. The van der Waals surface area contributed by atoms with E-state index in [0.29, 0.717) is 27.8 Å². The molecule has 1 N–H and O–H groups in total. The molecular weight excluding hydrogens is 443 g/mol. The van der Waals surface area contributed by atoms with E-state index in [4.69, 9.17) is 32.9 Å². The largest absolute Gasteiger partial charge is 0.504 e. The van der Waals surface area contributed by atoms with E-state index in [1.165, 1.54) is 16.7 Å². The second-order valence-electron chi connectivity index (χ2n) is 9.69. The molecule has 4 atom stereocenters. The molecule has 4 aliphatic rings. The number of fused-ring (bicyclic) bond motifs is 2. The Balaban J connectivity index is 1.43. The first-order valence-corrected chi connectivity index (χ1v) is 11.9. The molecule has 1 fully saturated rings. The van der Waals surface area contributed by atoms with Crippen LogP contribution in [0.2, 0.25) is 10.0 Å². The summed E-state index contributed by atoms with van der Waals surface area (Å²) in [6.07, 6.45) is 4.69. The quantitative estimate of drug-likeness (QED) is 0.511. The Labute approximate surface area is 196 Å². The van der Waals surface area contributed by atoms with Crippen molar-refractivity contribution < 1.29 is 9.84 Å². The van der Waals surface area contributed by atoms with Crippen LogP contribution in [0.4, 0.5) is 0 Å². The van der Waals surface area contributed by atoms with Gasteiger partial charge in [-0.2, -0.15) is 0 Å². The van der Waals surface area contributed by atoms with Crippen molar-refractivity contribution in [1.29, 1.82) is 0 Å². The highest BCUT2D eigenvalue weighted by atomic mass is 35.5. The molecule has 2 bridgehead atoms. The first kappa shape index (κ1) is 19.2. The number of pyridine rings is 1. The number of aromatic hydroxyl groups is 1. The van der Waals surface area contributed by atoms with Gasteiger partial charge in [0.25, 0.3) is 0 Å². The van der Waals surface area contributed by atoms with Crippen LogP contribution < -0.4 is 4.74 Å². The molecule has 2 unspecified atom stereocenters. The van der Waals surface area contributed by atoms with Crippen LogP contribution >= 0.6 is 23.2 Å². The van der Waals surface area contributed by atoms with Crippen molar-refractivity contribution in [2.75, 3.05) is 13.6 Å². The van der Waals surface area contributed by atoms with Crippen molar-refractivity contribution in [3.8, 4) is 22.6 Å². The molecule has 2 aliphatic heterocycles. The molecule has 4 nitrogen and oxygen atoms in total. The minimum absolute atomic E-state index is 0.113. The second kappa shape index (κ2) is 6.40. The van der Waals surface area contributed by atoms with Crippen LogP contribution in [0.3, 0.4) is 0 Å². The van der Waals surface area contributed by atoms with E-state index in [1.807, 2.05) is 18.3 Å². The molecule has 1 saturated heterocycles. The fourth-order valence-corrected chi connectivity index (χ4v) is 7.45. The van der Waals surface area contributed by atoms with Crippen LogP contribution in [-0.4, -0.2) is 34.6 Å². The molecule has 1 aromatic heterocycles. The highest BCUT2D eigenvalue weighted by molar-refractivity contribution is 6.36. The first-order valence-electron chi connectivity index (χ1n) is 11.1. The van der Waals surface area contributed by atoms with E-state index in [2.05, 4.69) is 24.1 Å². The number of nitrogens with zero attached hydrogens (tertiary/aromatic N) is 2.